The Morgan fingerprint density at radius 1 is 1.40 bits per heavy atom. The Hall–Kier alpha value is -1.51. The molecule has 1 saturated carbocycles. The second kappa shape index (κ2) is 2.75. The van der Waals surface area contributed by atoms with E-state index in [0.29, 0.717) is 0 Å². The lowest BCUT2D eigenvalue weighted by Gasteiger charge is -2.37. The van der Waals surface area contributed by atoms with Gasteiger partial charge in [-0.25, -0.2) is 0 Å². The number of nitrogens with one attached hydrogen (secondary N) is 1. The molecule has 3 heteroatoms. The van der Waals surface area contributed by atoms with Gasteiger partial charge in [0, 0.05) is 6.54 Å². The van der Waals surface area contributed by atoms with Crippen LogP contribution in [-0.2, 0) is 4.79 Å². The molecule has 0 radical (unpaired) electrons. The summed E-state index contributed by atoms with van der Waals surface area (Å²) >= 11 is 0. The molecule has 0 saturated heterocycles. The predicted molar refractivity (Wildman–Crippen MR) is 60.1 cm³/mol. The van der Waals surface area contributed by atoms with E-state index < -0.39 is 0 Å². The first kappa shape index (κ1) is 8.77. The van der Waals surface area contributed by atoms with Crippen molar-refractivity contribution in [2.45, 2.75) is 25.3 Å². The highest BCUT2D eigenvalue weighted by molar-refractivity contribution is 6.08. The number of para-hydroxylation sites is 2. The molecule has 3 nitrogen and oxygen atoms in total. The van der Waals surface area contributed by atoms with Crippen molar-refractivity contribution in [2.75, 3.05) is 16.8 Å². The number of benzene rings is 1. The van der Waals surface area contributed by atoms with Gasteiger partial charge in [0.1, 0.15) is 5.54 Å². The fraction of sp³-hybridized carbons (Fsp3) is 0.417. The molecule has 1 heterocycles. The first-order valence-electron chi connectivity index (χ1n) is 5.46. The lowest BCUT2D eigenvalue weighted by atomic mass is 10.1. The largest absolute Gasteiger partial charge is 0.356 e. The van der Waals surface area contributed by atoms with Crippen molar-refractivity contribution >= 4 is 17.3 Å². The van der Waals surface area contributed by atoms with Gasteiger partial charge in [0.25, 0.3) is 0 Å². The maximum atomic E-state index is 12.0. The molecule has 78 valence electrons. The van der Waals surface area contributed by atoms with Crippen LogP contribution in [0.3, 0.4) is 0 Å². The average molecular weight is 202 g/mol. The Labute approximate surface area is 89.1 Å². The molecule has 3 rings (SSSR count). The number of hydrogen-bond acceptors (Lipinski definition) is 2. The van der Waals surface area contributed by atoms with Gasteiger partial charge in [-0.15, -0.1) is 0 Å². The average Bonchev–Trinajstić information content (AvgIpc) is 3.02. The van der Waals surface area contributed by atoms with Crippen LogP contribution < -0.4 is 10.2 Å². The summed E-state index contributed by atoms with van der Waals surface area (Å²) in [5.74, 6) is 0.169. The van der Waals surface area contributed by atoms with Gasteiger partial charge in [-0.1, -0.05) is 12.1 Å². The fourth-order valence-corrected chi connectivity index (χ4v) is 2.49. The molecule has 1 N–H and O–H groups in total. The second-order valence-corrected chi connectivity index (χ2v) is 4.25. The Morgan fingerprint density at radius 2 is 2.13 bits per heavy atom. The van der Waals surface area contributed by atoms with Gasteiger partial charge < -0.3 is 10.2 Å². The van der Waals surface area contributed by atoms with Crippen molar-refractivity contribution in [3.63, 3.8) is 0 Å². The minimum atomic E-state index is -0.219. The quantitative estimate of drug-likeness (QED) is 0.755. The van der Waals surface area contributed by atoms with E-state index in [1.54, 1.807) is 0 Å². The van der Waals surface area contributed by atoms with Crippen molar-refractivity contribution < 1.29 is 4.79 Å². The fourth-order valence-electron chi connectivity index (χ4n) is 2.49. The normalized spacial score (nSPS) is 21.1. The maximum absolute atomic E-state index is 12.0. The van der Waals surface area contributed by atoms with Crippen LogP contribution in [0.5, 0.6) is 0 Å². The summed E-state index contributed by atoms with van der Waals surface area (Å²) in [4.78, 5) is 14.2. The summed E-state index contributed by atoms with van der Waals surface area (Å²) in [6.07, 6.45) is 1.97. The zero-order valence-corrected chi connectivity index (χ0v) is 8.79. The van der Waals surface area contributed by atoms with E-state index in [1.807, 2.05) is 18.2 Å². The number of anilines is 2. The molecule has 1 aliphatic carbocycles. The molecule has 1 fully saturated rings. The number of likely N-dealkylation sites (N-methyl/N-ethyl adjacent to an activating group) is 1. The topological polar surface area (TPSA) is 32.3 Å². The number of rotatable bonds is 1. The smallest absolute Gasteiger partial charge is 0.250 e. The summed E-state index contributed by atoms with van der Waals surface area (Å²) < 4.78 is 0. The summed E-state index contributed by atoms with van der Waals surface area (Å²) in [5.41, 5.74) is 1.89. The number of carbonyl (C=O) groups is 1. The molecular formula is C12H14N2O. The number of carbonyl (C=O) groups excluding carboxylic acids is 1. The van der Waals surface area contributed by atoms with Crippen molar-refractivity contribution in [1.29, 1.82) is 0 Å². The highest BCUT2D eigenvalue weighted by atomic mass is 16.2. The van der Waals surface area contributed by atoms with E-state index in [9.17, 15) is 4.79 Å². The Balaban J connectivity index is 2.13. The molecule has 1 spiro atoms. The van der Waals surface area contributed by atoms with E-state index in [0.717, 1.165) is 30.8 Å². The zero-order valence-electron chi connectivity index (χ0n) is 8.79. The van der Waals surface area contributed by atoms with Crippen LogP contribution in [-0.4, -0.2) is 18.0 Å². The number of hydrogen-bond donors (Lipinski definition) is 1. The number of nitrogens with zero attached hydrogens (tertiary/aromatic N) is 1. The van der Waals surface area contributed by atoms with Crippen LogP contribution in [0.2, 0.25) is 0 Å². The third-order valence-corrected chi connectivity index (χ3v) is 3.42. The minimum absolute atomic E-state index is 0.169. The SMILES string of the molecule is CCN1c2ccccc2NC(=O)C12CC2. The first-order chi connectivity index (χ1) is 7.28. The monoisotopic (exact) mass is 202 g/mol. The number of fused-ring (bicyclic) bond motifs is 1. The molecule has 0 atom stereocenters. The highest BCUT2D eigenvalue weighted by Gasteiger charge is 2.56. The lowest BCUT2D eigenvalue weighted by Crippen LogP contribution is -2.50. The Morgan fingerprint density at radius 3 is 2.80 bits per heavy atom. The Bertz CT molecular complexity index is 423. The van der Waals surface area contributed by atoms with Gasteiger partial charge in [0.05, 0.1) is 11.4 Å². The van der Waals surface area contributed by atoms with Crippen LogP contribution in [0.25, 0.3) is 0 Å². The third kappa shape index (κ3) is 1.03. The standard InChI is InChI=1S/C12H14N2O/c1-2-14-10-6-4-3-5-9(10)13-11(15)12(14)7-8-12/h3-6H,2,7-8H2,1H3,(H,13,15). The van der Waals surface area contributed by atoms with Gasteiger partial charge in [-0.05, 0) is 31.9 Å². The van der Waals surface area contributed by atoms with E-state index in [2.05, 4.69) is 23.2 Å². The molecule has 1 amide bonds. The highest BCUT2D eigenvalue weighted by Crippen LogP contribution is 2.49. The van der Waals surface area contributed by atoms with Crippen molar-refractivity contribution in [3.05, 3.63) is 24.3 Å². The minimum Gasteiger partial charge on any atom is -0.356 e. The Kier molecular flexibility index (Phi) is 1.61. The summed E-state index contributed by atoms with van der Waals surface area (Å²) in [6.45, 7) is 3.00. The number of amides is 1. The van der Waals surface area contributed by atoms with E-state index in [-0.39, 0.29) is 11.4 Å². The lowest BCUT2D eigenvalue weighted by molar-refractivity contribution is -0.118. The molecule has 0 bridgehead atoms. The summed E-state index contributed by atoms with van der Waals surface area (Å²) in [7, 11) is 0. The van der Waals surface area contributed by atoms with Gasteiger partial charge >= 0.3 is 0 Å². The van der Waals surface area contributed by atoms with E-state index in [4.69, 9.17) is 0 Å². The van der Waals surface area contributed by atoms with Gasteiger partial charge in [-0.3, -0.25) is 4.79 Å². The first-order valence-corrected chi connectivity index (χ1v) is 5.46. The molecule has 1 aromatic rings. The van der Waals surface area contributed by atoms with Gasteiger partial charge in [0.15, 0.2) is 0 Å². The molecule has 0 aromatic heterocycles. The predicted octanol–water partition coefficient (Wildman–Crippen LogP) is 2.00. The zero-order chi connectivity index (χ0) is 10.5. The summed E-state index contributed by atoms with van der Waals surface area (Å²) in [6, 6.07) is 8.02. The molecule has 0 unspecified atom stereocenters. The van der Waals surface area contributed by atoms with Gasteiger partial charge in [-0.2, -0.15) is 0 Å². The molecule has 2 aliphatic rings. The third-order valence-electron chi connectivity index (χ3n) is 3.42. The van der Waals surface area contributed by atoms with Crippen LogP contribution in [0.1, 0.15) is 19.8 Å². The van der Waals surface area contributed by atoms with Crippen molar-refractivity contribution in [1.82, 2.24) is 0 Å². The van der Waals surface area contributed by atoms with E-state index >= 15 is 0 Å². The van der Waals surface area contributed by atoms with Crippen LogP contribution in [0.15, 0.2) is 24.3 Å². The molecule has 1 aromatic carbocycles. The van der Waals surface area contributed by atoms with E-state index in [1.165, 1.54) is 0 Å². The van der Waals surface area contributed by atoms with Crippen LogP contribution in [0.4, 0.5) is 11.4 Å². The maximum Gasteiger partial charge on any atom is 0.250 e. The molecular weight excluding hydrogens is 188 g/mol. The molecule has 15 heavy (non-hydrogen) atoms. The second-order valence-electron chi connectivity index (χ2n) is 4.25. The summed E-state index contributed by atoms with van der Waals surface area (Å²) in [5, 5.41) is 3.00. The van der Waals surface area contributed by atoms with Crippen molar-refractivity contribution in [2.24, 2.45) is 0 Å². The molecule has 1 aliphatic heterocycles. The van der Waals surface area contributed by atoms with Crippen LogP contribution in [0, 0.1) is 0 Å². The van der Waals surface area contributed by atoms with Crippen LogP contribution >= 0.6 is 0 Å². The van der Waals surface area contributed by atoms with Crippen molar-refractivity contribution in [3.8, 4) is 0 Å². The van der Waals surface area contributed by atoms with Gasteiger partial charge in [0.2, 0.25) is 5.91 Å².